The van der Waals surface area contributed by atoms with Crippen molar-refractivity contribution in [2.24, 2.45) is 5.73 Å². The summed E-state index contributed by atoms with van der Waals surface area (Å²) in [4.78, 5) is 14.9. The van der Waals surface area contributed by atoms with Crippen LogP contribution in [0.5, 0.6) is 5.75 Å². The van der Waals surface area contributed by atoms with Crippen LogP contribution in [0.25, 0.3) is 23.5 Å². The number of aryl methyl sites for hydroxylation is 1. The minimum Gasteiger partial charge on any atom is -0.507 e. The van der Waals surface area contributed by atoms with Crippen LogP contribution in [0.2, 0.25) is 0 Å². The summed E-state index contributed by atoms with van der Waals surface area (Å²) in [5.74, 6) is -0.0171. The molecule has 0 fully saturated rings. The first-order valence-electron chi connectivity index (χ1n) is 8.80. The molecule has 142 valence electrons. The summed E-state index contributed by atoms with van der Waals surface area (Å²) in [6, 6.07) is 11.8. The first kappa shape index (κ1) is 19.2. The van der Waals surface area contributed by atoms with Crippen molar-refractivity contribution >= 4 is 17.8 Å². The number of phenolic OH excluding ortho intramolecular Hbond substituents is 1. The van der Waals surface area contributed by atoms with Crippen LogP contribution in [0, 0.1) is 17.0 Å². The Kier molecular flexibility index (Phi) is 5.76. The Morgan fingerprint density at radius 2 is 2.04 bits per heavy atom. The number of pyridine rings is 2. The van der Waals surface area contributed by atoms with Crippen LogP contribution < -0.4 is 10.3 Å². The maximum atomic E-state index is 10.9. The van der Waals surface area contributed by atoms with Gasteiger partial charge in [-0.2, -0.15) is 4.57 Å². The molecule has 0 amide bonds. The molecule has 3 aromatic rings. The molecule has 7 nitrogen and oxygen atoms in total. The van der Waals surface area contributed by atoms with Gasteiger partial charge in [-0.1, -0.05) is 12.2 Å². The summed E-state index contributed by atoms with van der Waals surface area (Å²) in [5, 5.41) is 20.9. The third kappa shape index (κ3) is 4.39. The van der Waals surface area contributed by atoms with Gasteiger partial charge in [-0.05, 0) is 36.2 Å². The minimum atomic E-state index is -0.490. The predicted molar refractivity (Wildman–Crippen MR) is 107 cm³/mol. The van der Waals surface area contributed by atoms with E-state index in [1.54, 1.807) is 18.3 Å². The molecule has 0 unspecified atom stereocenters. The Hall–Kier alpha value is -3.58. The van der Waals surface area contributed by atoms with E-state index < -0.39 is 4.92 Å². The molecule has 0 saturated carbocycles. The van der Waals surface area contributed by atoms with E-state index in [2.05, 4.69) is 4.98 Å². The number of nitrogens with zero attached hydrogens (tertiary/aromatic N) is 3. The smallest absolute Gasteiger partial charge is 0.270 e. The van der Waals surface area contributed by atoms with Gasteiger partial charge in [0.25, 0.3) is 5.69 Å². The zero-order valence-corrected chi connectivity index (χ0v) is 15.4. The van der Waals surface area contributed by atoms with Crippen molar-refractivity contribution in [2.45, 2.75) is 13.5 Å². The summed E-state index contributed by atoms with van der Waals surface area (Å²) in [6.45, 7) is 3.16. The van der Waals surface area contributed by atoms with Crippen molar-refractivity contribution in [2.75, 3.05) is 6.54 Å². The van der Waals surface area contributed by atoms with E-state index in [4.69, 9.17) is 5.73 Å². The molecule has 0 radical (unpaired) electrons. The lowest BCUT2D eigenvalue weighted by Gasteiger charge is -2.05. The van der Waals surface area contributed by atoms with Crippen LogP contribution in [-0.4, -0.2) is 21.6 Å². The van der Waals surface area contributed by atoms with Gasteiger partial charge in [0, 0.05) is 36.0 Å². The number of benzene rings is 1. The van der Waals surface area contributed by atoms with E-state index in [1.807, 2.05) is 42.0 Å². The number of nitro benzene ring substituents is 1. The number of aromatic nitrogens is 2. The van der Waals surface area contributed by atoms with Crippen molar-refractivity contribution in [1.29, 1.82) is 0 Å². The number of aromatic hydroxyl groups is 1. The number of nitrogens with two attached hydrogens (primary N) is 1. The van der Waals surface area contributed by atoms with Gasteiger partial charge in [-0.15, -0.1) is 0 Å². The van der Waals surface area contributed by atoms with Crippen LogP contribution in [0.1, 0.15) is 16.7 Å². The Morgan fingerprint density at radius 1 is 1.21 bits per heavy atom. The van der Waals surface area contributed by atoms with Crippen LogP contribution >= 0.6 is 0 Å². The van der Waals surface area contributed by atoms with Gasteiger partial charge in [-0.3, -0.25) is 10.1 Å². The lowest BCUT2D eigenvalue weighted by Crippen LogP contribution is -2.39. The first-order chi connectivity index (χ1) is 13.5. The van der Waals surface area contributed by atoms with Crippen molar-refractivity contribution in [3.8, 4) is 17.1 Å². The van der Waals surface area contributed by atoms with Crippen molar-refractivity contribution in [1.82, 2.24) is 4.98 Å². The number of hydrogen-bond acceptors (Lipinski definition) is 5. The third-order valence-electron chi connectivity index (χ3n) is 4.28. The fourth-order valence-corrected chi connectivity index (χ4v) is 2.86. The molecule has 0 aliphatic heterocycles. The second-order valence-electron chi connectivity index (χ2n) is 6.38. The SMILES string of the molecule is Cc1ccnc(-c2cc(/C=C/c3cc([N+](=O)[O-])ccc3O)cc[n+]2CCN)c1. The van der Waals surface area contributed by atoms with Gasteiger partial charge in [0.2, 0.25) is 5.69 Å². The molecule has 3 N–H and O–H groups in total. The Balaban J connectivity index is 1.99. The second kappa shape index (κ2) is 8.41. The van der Waals surface area contributed by atoms with Crippen molar-refractivity contribution in [3.63, 3.8) is 0 Å². The topological polar surface area (TPSA) is 106 Å². The lowest BCUT2D eigenvalue weighted by atomic mass is 10.1. The highest BCUT2D eigenvalue weighted by atomic mass is 16.6. The third-order valence-corrected chi connectivity index (χ3v) is 4.28. The first-order valence-corrected chi connectivity index (χ1v) is 8.80. The molecule has 2 aromatic heterocycles. The molecule has 2 heterocycles. The van der Waals surface area contributed by atoms with Crippen molar-refractivity contribution < 1.29 is 14.6 Å². The number of hydrogen-bond donors (Lipinski definition) is 2. The van der Waals surface area contributed by atoms with Crippen LogP contribution in [0.3, 0.4) is 0 Å². The fourth-order valence-electron chi connectivity index (χ4n) is 2.86. The maximum absolute atomic E-state index is 10.9. The summed E-state index contributed by atoms with van der Waals surface area (Å²) in [6.07, 6.45) is 7.14. The Bertz CT molecular complexity index is 1050. The monoisotopic (exact) mass is 377 g/mol. The van der Waals surface area contributed by atoms with E-state index in [0.717, 1.165) is 22.5 Å². The van der Waals surface area contributed by atoms with E-state index in [1.165, 1.54) is 18.2 Å². The Morgan fingerprint density at radius 3 is 2.75 bits per heavy atom. The highest BCUT2D eigenvalue weighted by molar-refractivity contribution is 5.74. The largest absolute Gasteiger partial charge is 0.507 e. The number of rotatable bonds is 6. The summed E-state index contributed by atoms with van der Waals surface area (Å²) < 4.78 is 2.03. The zero-order chi connectivity index (χ0) is 20.1. The van der Waals surface area contributed by atoms with Crippen LogP contribution in [0.15, 0.2) is 54.9 Å². The number of nitro groups is 1. The normalized spacial score (nSPS) is 11.1. The van der Waals surface area contributed by atoms with Gasteiger partial charge in [-0.25, -0.2) is 4.98 Å². The highest BCUT2D eigenvalue weighted by Crippen LogP contribution is 2.25. The maximum Gasteiger partial charge on any atom is 0.270 e. The van der Waals surface area contributed by atoms with E-state index in [-0.39, 0.29) is 11.4 Å². The quantitative estimate of drug-likeness (QED) is 0.390. The molecule has 0 atom stereocenters. The number of non-ortho nitro benzene ring substituents is 1. The molecule has 3 rings (SSSR count). The molecule has 7 heteroatoms. The van der Waals surface area contributed by atoms with Gasteiger partial charge in [0.05, 0.1) is 11.5 Å². The number of phenols is 1. The van der Waals surface area contributed by atoms with E-state index >= 15 is 0 Å². The molecule has 0 aliphatic rings. The highest BCUT2D eigenvalue weighted by Gasteiger charge is 2.15. The molecular weight excluding hydrogens is 356 g/mol. The molecule has 1 aromatic carbocycles. The molecule has 0 spiro atoms. The zero-order valence-electron chi connectivity index (χ0n) is 15.4. The molecule has 28 heavy (non-hydrogen) atoms. The Labute approximate surface area is 162 Å². The van der Waals surface area contributed by atoms with E-state index in [9.17, 15) is 15.2 Å². The predicted octanol–water partition coefficient (Wildman–Crippen LogP) is 3.09. The fraction of sp³-hybridized carbons (Fsp3) is 0.143. The second-order valence-corrected chi connectivity index (χ2v) is 6.38. The average molecular weight is 377 g/mol. The summed E-state index contributed by atoms with van der Waals surface area (Å²) >= 11 is 0. The van der Waals surface area contributed by atoms with Gasteiger partial charge >= 0.3 is 0 Å². The van der Waals surface area contributed by atoms with E-state index in [0.29, 0.717) is 18.7 Å². The average Bonchev–Trinajstić information content (AvgIpc) is 2.68. The molecule has 0 saturated heterocycles. The van der Waals surface area contributed by atoms with Crippen molar-refractivity contribution in [3.05, 3.63) is 81.7 Å². The van der Waals surface area contributed by atoms with Gasteiger partial charge in [0.15, 0.2) is 12.7 Å². The minimum absolute atomic E-state index is 0.0171. The summed E-state index contributed by atoms with van der Waals surface area (Å²) in [7, 11) is 0. The molecule has 0 aliphatic carbocycles. The van der Waals surface area contributed by atoms with Gasteiger partial charge in [0.1, 0.15) is 11.4 Å². The summed E-state index contributed by atoms with van der Waals surface area (Å²) in [5.41, 5.74) is 9.76. The lowest BCUT2D eigenvalue weighted by molar-refractivity contribution is -0.683. The molecule has 0 bridgehead atoms. The van der Waals surface area contributed by atoms with Crippen LogP contribution in [-0.2, 0) is 6.54 Å². The standard InChI is InChI=1S/C21H20N4O3/c1-15-6-9-23-19(12-15)20-13-16(7-10-24(20)11-8-22)2-3-17-14-18(25(27)28)4-5-21(17)26/h2-7,9-10,12-14H,8,11,22H2,1H3/p+1. The van der Waals surface area contributed by atoms with Crippen LogP contribution in [0.4, 0.5) is 5.69 Å². The molecular formula is C21H21N4O3+. The van der Waals surface area contributed by atoms with Gasteiger partial charge < -0.3 is 10.8 Å².